The number of rotatable bonds is 5. The molecule has 1 aliphatic rings. The number of halogens is 3. The molecule has 27 heavy (non-hydrogen) atoms. The first-order valence-electron chi connectivity index (χ1n) is 8.53. The standard InChI is InChI=1S/C17H20F3N3O2S2/c1-2-16-21-14(12-26-16)11-22-7-9-23(10-8-22)27(24,25)15-5-3-13(4-6-15)17(18,19)20/h3-6,12H,2,7-11H2,1H3. The van der Waals surface area contributed by atoms with Crippen molar-refractivity contribution in [2.45, 2.75) is 31.0 Å². The summed E-state index contributed by atoms with van der Waals surface area (Å²) in [7, 11) is -3.79. The van der Waals surface area contributed by atoms with Crippen molar-refractivity contribution in [3.05, 3.63) is 45.9 Å². The third-order valence-corrected chi connectivity index (χ3v) is 7.39. The Morgan fingerprint density at radius 3 is 2.26 bits per heavy atom. The molecular weight excluding hydrogens is 399 g/mol. The Morgan fingerprint density at radius 1 is 1.11 bits per heavy atom. The van der Waals surface area contributed by atoms with Crippen molar-refractivity contribution in [3.63, 3.8) is 0 Å². The maximum absolute atomic E-state index is 12.7. The highest BCUT2D eigenvalue weighted by molar-refractivity contribution is 7.89. The van der Waals surface area contributed by atoms with Crippen molar-refractivity contribution in [1.29, 1.82) is 0 Å². The summed E-state index contributed by atoms with van der Waals surface area (Å²) in [6.45, 7) is 4.43. The fraction of sp³-hybridized carbons (Fsp3) is 0.471. The molecule has 0 amide bonds. The van der Waals surface area contributed by atoms with Crippen LogP contribution in [0.25, 0.3) is 0 Å². The van der Waals surface area contributed by atoms with Crippen LogP contribution in [0.4, 0.5) is 13.2 Å². The molecule has 5 nitrogen and oxygen atoms in total. The van der Waals surface area contributed by atoms with Crippen molar-refractivity contribution in [1.82, 2.24) is 14.2 Å². The minimum absolute atomic E-state index is 0.115. The van der Waals surface area contributed by atoms with Gasteiger partial charge in [-0.05, 0) is 30.7 Å². The predicted octanol–water partition coefficient (Wildman–Crippen LogP) is 3.23. The van der Waals surface area contributed by atoms with Crippen LogP contribution in [0.5, 0.6) is 0 Å². The first-order chi connectivity index (χ1) is 12.7. The Hall–Kier alpha value is -1.49. The van der Waals surface area contributed by atoms with Crippen molar-refractivity contribution in [2.75, 3.05) is 26.2 Å². The van der Waals surface area contributed by atoms with Gasteiger partial charge in [0.2, 0.25) is 10.0 Å². The predicted molar refractivity (Wildman–Crippen MR) is 97.0 cm³/mol. The van der Waals surface area contributed by atoms with E-state index >= 15 is 0 Å². The average Bonchev–Trinajstić information content (AvgIpc) is 3.09. The SMILES string of the molecule is CCc1nc(CN2CCN(S(=O)(=O)c3ccc(C(F)(F)F)cc3)CC2)cs1. The van der Waals surface area contributed by atoms with Gasteiger partial charge in [-0.1, -0.05) is 6.92 Å². The lowest BCUT2D eigenvalue weighted by molar-refractivity contribution is -0.137. The lowest BCUT2D eigenvalue weighted by atomic mass is 10.2. The second-order valence-corrected chi connectivity index (χ2v) is 9.17. The number of thiazole rings is 1. The normalized spacial score (nSPS) is 17.3. The fourth-order valence-corrected chi connectivity index (χ4v) is 5.06. The van der Waals surface area contributed by atoms with Crippen LogP contribution in [0, 0.1) is 0 Å². The molecule has 2 aromatic rings. The summed E-state index contributed by atoms with van der Waals surface area (Å²) in [5.41, 5.74) is 0.122. The zero-order chi connectivity index (χ0) is 19.7. The van der Waals surface area contributed by atoms with E-state index in [1.807, 2.05) is 12.3 Å². The van der Waals surface area contributed by atoms with Crippen molar-refractivity contribution < 1.29 is 21.6 Å². The van der Waals surface area contributed by atoms with E-state index in [-0.39, 0.29) is 4.90 Å². The van der Waals surface area contributed by atoms with Crippen LogP contribution in [-0.4, -0.2) is 48.8 Å². The molecule has 1 aliphatic heterocycles. The van der Waals surface area contributed by atoms with E-state index in [9.17, 15) is 21.6 Å². The molecule has 0 bridgehead atoms. The van der Waals surface area contributed by atoms with Crippen LogP contribution in [0.15, 0.2) is 34.5 Å². The summed E-state index contributed by atoms with van der Waals surface area (Å²) in [6, 6.07) is 3.64. The summed E-state index contributed by atoms with van der Waals surface area (Å²) in [5.74, 6) is 0. The van der Waals surface area contributed by atoms with Crippen LogP contribution in [0.1, 0.15) is 23.2 Å². The zero-order valence-electron chi connectivity index (χ0n) is 14.7. The van der Waals surface area contributed by atoms with Gasteiger partial charge in [0.25, 0.3) is 0 Å². The van der Waals surface area contributed by atoms with E-state index < -0.39 is 21.8 Å². The molecule has 0 aliphatic carbocycles. The molecule has 148 valence electrons. The summed E-state index contributed by atoms with van der Waals surface area (Å²) in [6.07, 6.45) is -3.59. The molecular formula is C17H20F3N3O2S2. The molecule has 3 rings (SSSR count). The van der Waals surface area contributed by atoms with E-state index in [1.165, 1.54) is 4.31 Å². The largest absolute Gasteiger partial charge is 0.416 e. The highest BCUT2D eigenvalue weighted by Crippen LogP contribution is 2.30. The van der Waals surface area contributed by atoms with E-state index in [0.717, 1.165) is 41.4 Å². The molecule has 0 saturated carbocycles. The molecule has 1 fully saturated rings. The minimum atomic E-state index is -4.48. The second kappa shape index (κ2) is 7.86. The van der Waals surface area contributed by atoms with E-state index in [2.05, 4.69) is 9.88 Å². The molecule has 0 spiro atoms. The van der Waals surface area contributed by atoms with E-state index in [4.69, 9.17) is 0 Å². The van der Waals surface area contributed by atoms with Gasteiger partial charge in [-0.2, -0.15) is 17.5 Å². The number of hydrogen-bond donors (Lipinski definition) is 0. The third kappa shape index (κ3) is 4.68. The van der Waals surface area contributed by atoms with Gasteiger partial charge in [0.15, 0.2) is 0 Å². The number of alkyl halides is 3. The zero-order valence-corrected chi connectivity index (χ0v) is 16.4. The summed E-state index contributed by atoms with van der Waals surface area (Å²) in [5, 5.41) is 3.10. The third-order valence-electron chi connectivity index (χ3n) is 4.44. The second-order valence-electron chi connectivity index (χ2n) is 6.29. The fourth-order valence-electron chi connectivity index (χ4n) is 2.91. The highest BCUT2D eigenvalue weighted by Gasteiger charge is 2.32. The average molecular weight is 419 g/mol. The number of benzene rings is 1. The van der Waals surface area contributed by atoms with Gasteiger partial charge in [0, 0.05) is 38.1 Å². The monoisotopic (exact) mass is 419 g/mol. The number of aromatic nitrogens is 1. The maximum atomic E-state index is 12.7. The lowest BCUT2D eigenvalue weighted by Crippen LogP contribution is -2.48. The van der Waals surface area contributed by atoms with Gasteiger partial charge in [0.05, 0.1) is 21.2 Å². The van der Waals surface area contributed by atoms with Crippen molar-refractivity contribution in [2.24, 2.45) is 0 Å². The maximum Gasteiger partial charge on any atom is 0.416 e. The molecule has 0 atom stereocenters. The molecule has 0 unspecified atom stereocenters. The Labute approximate surface area is 160 Å². The van der Waals surface area contributed by atoms with E-state index in [0.29, 0.717) is 32.7 Å². The molecule has 1 saturated heterocycles. The van der Waals surface area contributed by atoms with E-state index in [1.54, 1.807) is 11.3 Å². The molecule has 10 heteroatoms. The van der Waals surface area contributed by atoms with Gasteiger partial charge in [-0.25, -0.2) is 13.4 Å². The minimum Gasteiger partial charge on any atom is -0.295 e. The van der Waals surface area contributed by atoms with Crippen LogP contribution in [0.2, 0.25) is 0 Å². The van der Waals surface area contributed by atoms with Gasteiger partial charge < -0.3 is 0 Å². The summed E-state index contributed by atoms with van der Waals surface area (Å²) < 4.78 is 64.6. The number of hydrogen-bond acceptors (Lipinski definition) is 5. The lowest BCUT2D eigenvalue weighted by Gasteiger charge is -2.33. The van der Waals surface area contributed by atoms with Gasteiger partial charge >= 0.3 is 6.18 Å². The summed E-state index contributed by atoms with van der Waals surface area (Å²) >= 11 is 1.62. The Morgan fingerprint density at radius 2 is 1.74 bits per heavy atom. The molecule has 1 aromatic carbocycles. The topological polar surface area (TPSA) is 53.5 Å². The highest BCUT2D eigenvalue weighted by atomic mass is 32.2. The molecule has 0 radical (unpaired) electrons. The molecule has 2 heterocycles. The molecule has 1 aromatic heterocycles. The summed E-state index contributed by atoms with van der Waals surface area (Å²) in [4.78, 5) is 6.54. The van der Waals surface area contributed by atoms with Gasteiger partial charge in [0.1, 0.15) is 0 Å². The van der Waals surface area contributed by atoms with Crippen molar-refractivity contribution in [3.8, 4) is 0 Å². The van der Waals surface area contributed by atoms with Crippen LogP contribution in [-0.2, 0) is 29.2 Å². The van der Waals surface area contributed by atoms with Crippen LogP contribution < -0.4 is 0 Å². The Bertz CT molecular complexity index is 872. The van der Waals surface area contributed by atoms with Crippen LogP contribution >= 0.6 is 11.3 Å². The van der Waals surface area contributed by atoms with Gasteiger partial charge in [-0.3, -0.25) is 4.90 Å². The number of sulfonamides is 1. The Kier molecular flexibility index (Phi) is 5.90. The van der Waals surface area contributed by atoms with Crippen molar-refractivity contribution >= 4 is 21.4 Å². The number of nitrogens with zero attached hydrogens (tertiary/aromatic N) is 3. The first-order valence-corrected chi connectivity index (χ1v) is 10.8. The van der Waals surface area contributed by atoms with Crippen LogP contribution in [0.3, 0.4) is 0 Å². The Balaban J connectivity index is 1.62. The number of aryl methyl sites for hydroxylation is 1. The smallest absolute Gasteiger partial charge is 0.295 e. The molecule has 0 N–H and O–H groups in total. The van der Waals surface area contributed by atoms with Gasteiger partial charge in [-0.15, -0.1) is 11.3 Å². The first kappa shape index (κ1) is 20.2. The number of piperazine rings is 1. The quantitative estimate of drug-likeness (QED) is 0.747.